The molecule has 3 rings (SSSR count). The van der Waals surface area contributed by atoms with E-state index in [9.17, 15) is 4.79 Å². The van der Waals surface area contributed by atoms with E-state index < -0.39 is 0 Å². The van der Waals surface area contributed by atoms with Crippen LogP contribution in [0.4, 0.5) is 11.8 Å². The van der Waals surface area contributed by atoms with Crippen LogP contribution in [0.2, 0.25) is 5.02 Å². The van der Waals surface area contributed by atoms with E-state index in [2.05, 4.69) is 19.9 Å². The Labute approximate surface area is 145 Å². The number of aryl methyl sites for hydroxylation is 1. The van der Waals surface area contributed by atoms with Crippen LogP contribution in [0, 0.1) is 6.92 Å². The smallest absolute Gasteiger partial charge is 0.255 e. The highest BCUT2D eigenvalue weighted by molar-refractivity contribution is 6.33. The normalized spacial score (nSPS) is 15.2. The summed E-state index contributed by atoms with van der Waals surface area (Å²) >= 11 is 6.09. The minimum absolute atomic E-state index is 0.0670. The van der Waals surface area contributed by atoms with Gasteiger partial charge in [-0.05, 0) is 19.4 Å². The molecule has 24 heavy (non-hydrogen) atoms. The van der Waals surface area contributed by atoms with Crippen molar-refractivity contribution in [2.75, 3.05) is 36.8 Å². The number of carbonyl (C=O) groups is 1. The Bertz CT molecular complexity index is 733. The van der Waals surface area contributed by atoms with Crippen LogP contribution >= 0.6 is 11.6 Å². The zero-order chi connectivity index (χ0) is 17.1. The minimum atomic E-state index is -0.0670. The summed E-state index contributed by atoms with van der Waals surface area (Å²) in [4.78, 5) is 28.9. The van der Waals surface area contributed by atoms with Crippen LogP contribution in [0.5, 0.6) is 0 Å². The molecule has 1 saturated heterocycles. The zero-order valence-corrected chi connectivity index (χ0v) is 14.2. The lowest BCUT2D eigenvalue weighted by atomic mass is 10.2. The van der Waals surface area contributed by atoms with Gasteiger partial charge in [-0.3, -0.25) is 9.78 Å². The molecule has 2 aromatic rings. The van der Waals surface area contributed by atoms with E-state index in [1.165, 1.54) is 6.20 Å². The van der Waals surface area contributed by atoms with Gasteiger partial charge in [-0.15, -0.1) is 0 Å². The van der Waals surface area contributed by atoms with Gasteiger partial charge in [0, 0.05) is 50.3 Å². The van der Waals surface area contributed by atoms with Gasteiger partial charge in [0.15, 0.2) is 0 Å². The number of nitrogens with zero attached hydrogens (tertiary/aromatic N) is 5. The fourth-order valence-corrected chi connectivity index (χ4v) is 3.01. The summed E-state index contributed by atoms with van der Waals surface area (Å²) in [6, 6.07) is 3.56. The zero-order valence-electron chi connectivity index (χ0n) is 13.4. The second-order valence-electron chi connectivity index (χ2n) is 5.71. The molecular formula is C16H19ClN6O. The Morgan fingerprint density at radius 1 is 1.25 bits per heavy atom. The summed E-state index contributed by atoms with van der Waals surface area (Å²) in [7, 11) is 0. The van der Waals surface area contributed by atoms with E-state index in [4.69, 9.17) is 17.3 Å². The minimum Gasteiger partial charge on any atom is -0.368 e. The summed E-state index contributed by atoms with van der Waals surface area (Å²) in [6.07, 6.45) is 3.92. The van der Waals surface area contributed by atoms with Gasteiger partial charge in [0.2, 0.25) is 5.95 Å². The molecule has 0 atom stereocenters. The molecule has 1 aliphatic rings. The van der Waals surface area contributed by atoms with Crippen molar-refractivity contribution in [3.63, 3.8) is 0 Å². The van der Waals surface area contributed by atoms with Crippen molar-refractivity contribution in [2.45, 2.75) is 13.3 Å². The number of halogens is 1. The van der Waals surface area contributed by atoms with Gasteiger partial charge in [-0.2, -0.15) is 4.98 Å². The third-order valence-corrected chi connectivity index (χ3v) is 4.27. The SMILES string of the molecule is Cc1cc(N2CCCN(C(=O)c3ccncc3Cl)CC2)nc(N)n1. The molecule has 0 aliphatic carbocycles. The Kier molecular flexibility index (Phi) is 4.80. The fourth-order valence-electron chi connectivity index (χ4n) is 2.81. The lowest BCUT2D eigenvalue weighted by Crippen LogP contribution is -2.35. The largest absolute Gasteiger partial charge is 0.368 e. The number of hydrogen-bond acceptors (Lipinski definition) is 6. The molecule has 0 radical (unpaired) electrons. The summed E-state index contributed by atoms with van der Waals surface area (Å²) in [5.74, 6) is 1.00. The second-order valence-corrected chi connectivity index (χ2v) is 6.12. The molecule has 1 fully saturated rings. The van der Waals surface area contributed by atoms with Crippen LogP contribution in [0.3, 0.4) is 0 Å². The summed E-state index contributed by atoms with van der Waals surface area (Å²) < 4.78 is 0. The quantitative estimate of drug-likeness (QED) is 0.891. The molecule has 0 spiro atoms. The molecule has 1 aliphatic heterocycles. The van der Waals surface area contributed by atoms with E-state index in [1.54, 1.807) is 12.3 Å². The number of rotatable bonds is 2. The lowest BCUT2D eigenvalue weighted by molar-refractivity contribution is 0.0767. The van der Waals surface area contributed by atoms with Gasteiger partial charge in [-0.25, -0.2) is 4.98 Å². The number of hydrogen-bond donors (Lipinski definition) is 1. The van der Waals surface area contributed by atoms with Crippen molar-refractivity contribution < 1.29 is 4.79 Å². The molecule has 0 aromatic carbocycles. The van der Waals surface area contributed by atoms with Gasteiger partial charge >= 0.3 is 0 Å². The van der Waals surface area contributed by atoms with E-state index in [1.807, 2.05) is 17.9 Å². The maximum Gasteiger partial charge on any atom is 0.255 e. The average molecular weight is 347 g/mol. The third-order valence-electron chi connectivity index (χ3n) is 3.97. The number of amides is 1. The Morgan fingerprint density at radius 3 is 2.83 bits per heavy atom. The van der Waals surface area contributed by atoms with Crippen molar-refractivity contribution in [2.24, 2.45) is 0 Å². The fraction of sp³-hybridized carbons (Fsp3) is 0.375. The number of pyridine rings is 1. The molecule has 8 heteroatoms. The predicted molar refractivity (Wildman–Crippen MR) is 93.2 cm³/mol. The van der Waals surface area contributed by atoms with Gasteiger partial charge in [-0.1, -0.05) is 11.6 Å². The van der Waals surface area contributed by atoms with Crippen molar-refractivity contribution >= 4 is 29.3 Å². The first-order valence-electron chi connectivity index (χ1n) is 7.79. The Hall–Kier alpha value is -2.41. The standard InChI is InChI=1S/C16H19ClN6O/c1-11-9-14(21-16(18)20-11)22-5-2-6-23(8-7-22)15(24)12-3-4-19-10-13(12)17/h3-4,9-10H,2,5-8H2,1H3,(H2,18,20,21). The highest BCUT2D eigenvalue weighted by Gasteiger charge is 2.22. The molecular weight excluding hydrogens is 328 g/mol. The first kappa shape index (κ1) is 16.4. The number of nitrogen functional groups attached to an aromatic ring is 1. The van der Waals surface area contributed by atoms with Gasteiger partial charge < -0.3 is 15.5 Å². The topological polar surface area (TPSA) is 88.2 Å². The van der Waals surface area contributed by atoms with E-state index >= 15 is 0 Å². The van der Waals surface area contributed by atoms with E-state index in [-0.39, 0.29) is 11.9 Å². The molecule has 0 unspecified atom stereocenters. The number of anilines is 2. The van der Waals surface area contributed by atoms with Crippen LogP contribution in [-0.4, -0.2) is 51.9 Å². The highest BCUT2D eigenvalue weighted by atomic mass is 35.5. The molecule has 0 bridgehead atoms. The Morgan fingerprint density at radius 2 is 2.08 bits per heavy atom. The predicted octanol–water partition coefficient (Wildman–Crippen LogP) is 1.77. The van der Waals surface area contributed by atoms with E-state index in [0.717, 1.165) is 24.5 Å². The van der Waals surface area contributed by atoms with Crippen molar-refractivity contribution in [1.29, 1.82) is 0 Å². The van der Waals surface area contributed by atoms with Gasteiger partial charge in [0.05, 0.1) is 10.6 Å². The summed E-state index contributed by atoms with van der Waals surface area (Å²) in [5.41, 5.74) is 7.06. The maximum atomic E-state index is 12.7. The van der Waals surface area contributed by atoms with Crippen molar-refractivity contribution in [3.8, 4) is 0 Å². The molecule has 0 saturated carbocycles. The van der Waals surface area contributed by atoms with Crippen molar-refractivity contribution in [1.82, 2.24) is 19.9 Å². The second kappa shape index (κ2) is 7.00. The monoisotopic (exact) mass is 346 g/mol. The van der Waals surface area contributed by atoms with Crippen LogP contribution in [0.1, 0.15) is 22.5 Å². The Balaban J connectivity index is 1.73. The molecule has 7 nitrogen and oxygen atoms in total. The molecule has 2 N–H and O–H groups in total. The first-order valence-corrected chi connectivity index (χ1v) is 8.17. The summed E-state index contributed by atoms with van der Waals surface area (Å²) in [5, 5.41) is 0.378. The van der Waals surface area contributed by atoms with Crippen molar-refractivity contribution in [3.05, 3.63) is 40.8 Å². The summed E-state index contributed by atoms with van der Waals surface area (Å²) in [6.45, 7) is 4.66. The van der Waals surface area contributed by atoms with Crippen LogP contribution < -0.4 is 10.6 Å². The lowest BCUT2D eigenvalue weighted by Gasteiger charge is -2.23. The first-order chi connectivity index (χ1) is 11.5. The molecule has 3 heterocycles. The average Bonchev–Trinajstić information content (AvgIpc) is 2.80. The van der Waals surface area contributed by atoms with Crippen LogP contribution in [-0.2, 0) is 0 Å². The van der Waals surface area contributed by atoms with Gasteiger partial charge in [0.1, 0.15) is 5.82 Å². The van der Waals surface area contributed by atoms with E-state index in [0.29, 0.717) is 30.2 Å². The third kappa shape index (κ3) is 3.56. The molecule has 126 valence electrons. The van der Waals surface area contributed by atoms with Crippen LogP contribution in [0.15, 0.2) is 24.5 Å². The molecule has 1 amide bonds. The number of nitrogens with two attached hydrogens (primary N) is 1. The highest BCUT2D eigenvalue weighted by Crippen LogP contribution is 2.19. The number of aromatic nitrogens is 3. The van der Waals surface area contributed by atoms with Gasteiger partial charge in [0.25, 0.3) is 5.91 Å². The molecule has 2 aromatic heterocycles. The maximum absolute atomic E-state index is 12.7. The number of carbonyl (C=O) groups excluding carboxylic acids is 1. The van der Waals surface area contributed by atoms with Crippen LogP contribution in [0.25, 0.3) is 0 Å².